The summed E-state index contributed by atoms with van der Waals surface area (Å²) >= 11 is 0. The zero-order valence-corrected chi connectivity index (χ0v) is 15.7. The Hall–Kier alpha value is -4.13. The van der Waals surface area contributed by atoms with Crippen LogP contribution in [0.1, 0.15) is 23.1 Å². The molecule has 0 unspecified atom stereocenters. The standard InChI is InChI=1S/C22H18N6O/c1-16(17-12-14-23-15-13-17)25-26-22(29)20-24-21(18-8-4-2-5-9-18)28(27-20)19-10-6-3-7-11-19/h2-15H,1H3,(H,26,29)/b25-16+. The number of benzene rings is 2. The van der Waals surface area contributed by atoms with E-state index in [4.69, 9.17) is 0 Å². The molecule has 1 N–H and O–H groups in total. The van der Waals surface area contributed by atoms with E-state index in [-0.39, 0.29) is 5.82 Å². The number of hydrogen-bond donors (Lipinski definition) is 1. The van der Waals surface area contributed by atoms with E-state index in [0.29, 0.717) is 11.5 Å². The molecule has 2 aromatic carbocycles. The fraction of sp³-hybridized carbons (Fsp3) is 0.0455. The molecule has 0 aliphatic heterocycles. The van der Waals surface area contributed by atoms with Gasteiger partial charge >= 0.3 is 5.91 Å². The summed E-state index contributed by atoms with van der Waals surface area (Å²) in [6.45, 7) is 1.81. The van der Waals surface area contributed by atoms with E-state index in [0.717, 1.165) is 16.8 Å². The van der Waals surface area contributed by atoms with Crippen LogP contribution >= 0.6 is 0 Å². The summed E-state index contributed by atoms with van der Waals surface area (Å²) < 4.78 is 1.66. The zero-order chi connectivity index (χ0) is 20.1. The molecule has 2 heterocycles. The van der Waals surface area contributed by atoms with E-state index in [1.165, 1.54) is 0 Å². The van der Waals surface area contributed by atoms with Gasteiger partial charge < -0.3 is 0 Å². The summed E-state index contributed by atoms with van der Waals surface area (Å²) in [4.78, 5) is 21.1. The number of nitrogens with zero attached hydrogens (tertiary/aromatic N) is 5. The maximum absolute atomic E-state index is 12.6. The Labute approximate surface area is 167 Å². The topological polar surface area (TPSA) is 85.1 Å². The predicted molar refractivity (Wildman–Crippen MR) is 111 cm³/mol. The monoisotopic (exact) mass is 382 g/mol. The third-order valence-electron chi connectivity index (χ3n) is 4.27. The van der Waals surface area contributed by atoms with Crippen LogP contribution in [0.15, 0.2) is 90.3 Å². The number of para-hydroxylation sites is 1. The quantitative estimate of drug-likeness (QED) is 0.423. The molecular weight excluding hydrogens is 364 g/mol. The van der Waals surface area contributed by atoms with E-state index in [1.807, 2.05) is 72.8 Å². The van der Waals surface area contributed by atoms with Crippen molar-refractivity contribution in [1.29, 1.82) is 0 Å². The van der Waals surface area contributed by atoms with Crippen LogP contribution in [0, 0.1) is 0 Å². The van der Waals surface area contributed by atoms with Crippen LogP contribution in [-0.2, 0) is 0 Å². The highest BCUT2D eigenvalue weighted by Gasteiger charge is 2.18. The van der Waals surface area contributed by atoms with E-state index >= 15 is 0 Å². The van der Waals surface area contributed by atoms with Crippen molar-refractivity contribution in [3.05, 3.63) is 96.6 Å². The number of hydrogen-bond acceptors (Lipinski definition) is 5. The maximum Gasteiger partial charge on any atom is 0.311 e. The van der Waals surface area contributed by atoms with Crippen LogP contribution < -0.4 is 5.43 Å². The molecule has 4 rings (SSSR count). The molecule has 4 aromatic rings. The first-order chi connectivity index (χ1) is 14.2. The van der Waals surface area contributed by atoms with Crippen LogP contribution in [0.5, 0.6) is 0 Å². The second-order valence-corrected chi connectivity index (χ2v) is 6.25. The second kappa shape index (κ2) is 8.26. The molecule has 7 heteroatoms. The van der Waals surface area contributed by atoms with Crippen molar-refractivity contribution in [2.24, 2.45) is 5.10 Å². The Balaban J connectivity index is 1.66. The number of aromatic nitrogens is 4. The van der Waals surface area contributed by atoms with Crippen molar-refractivity contribution < 1.29 is 4.79 Å². The normalized spacial score (nSPS) is 11.3. The first-order valence-corrected chi connectivity index (χ1v) is 9.05. The van der Waals surface area contributed by atoms with Gasteiger partial charge in [-0.3, -0.25) is 9.78 Å². The van der Waals surface area contributed by atoms with Gasteiger partial charge in [-0.1, -0.05) is 48.5 Å². The third kappa shape index (κ3) is 4.08. The minimum absolute atomic E-state index is 0.0407. The lowest BCUT2D eigenvalue weighted by Crippen LogP contribution is -2.21. The molecule has 0 saturated carbocycles. The molecule has 0 saturated heterocycles. The smallest absolute Gasteiger partial charge is 0.265 e. The van der Waals surface area contributed by atoms with E-state index in [1.54, 1.807) is 24.0 Å². The molecule has 142 valence electrons. The number of carbonyl (C=O) groups excluding carboxylic acids is 1. The zero-order valence-electron chi connectivity index (χ0n) is 15.7. The number of nitrogens with one attached hydrogen (secondary N) is 1. The van der Waals surface area contributed by atoms with Gasteiger partial charge in [-0.15, -0.1) is 5.10 Å². The van der Waals surface area contributed by atoms with Gasteiger partial charge in [-0.2, -0.15) is 5.10 Å². The van der Waals surface area contributed by atoms with Crippen LogP contribution in [-0.4, -0.2) is 31.4 Å². The lowest BCUT2D eigenvalue weighted by atomic mass is 10.2. The van der Waals surface area contributed by atoms with Gasteiger partial charge in [0, 0.05) is 23.5 Å². The van der Waals surface area contributed by atoms with Gasteiger partial charge in [0.1, 0.15) is 0 Å². The van der Waals surface area contributed by atoms with Crippen molar-refractivity contribution >= 4 is 11.6 Å². The number of carbonyl (C=O) groups is 1. The Morgan fingerprint density at radius 2 is 1.59 bits per heavy atom. The summed E-state index contributed by atoms with van der Waals surface area (Å²) in [7, 11) is 0. The minimum Gasteiger partial charge on any atom is -0.265 e. The Bertz CT molecular complexity index is 1080. The average molecular weight is 382 g/mol. The first-order valence-electron chi connectivity index (χ1n) is 9.05. The summed E-state index contributed by atoms with van der Waals surface area (Å²) in [5.41, 5.74) is 5.73. The molecule has 0 aliphatic rings. The van der Waals surface area contributed by atoms with Crippen LogP contribution in [0.3, 0.4) is 0 Å². The van der Waals surface area contributed by atoms with Crippen molar-refractivity contribution in [2.45, 2.75) is 6.92 Å². The SMILES string of the molecule is C/C(=N\NC(=O)c1nc(-c2ccccc2)n(-c2ccccc2)n1)c1ccncc1. The molecule has 29 heavy (non-hydrogen) atoms. The molecule has 0 aliphatic carbocycles. The van der Waals surface area contributed by atoms with E-state index in [9.17, 15) is 4.79 Å². The minimum atomic E-state index is -0.481. The first kappa shape index (κ1) is 18.2. The molecule has 1 amide bonds. The predicted octanol–water partition coefficient (Wildman–Crippen LogP) is 3.48. The van der Waals surface area contributed by atoms with Gasteiger partial charge in [-0.05, 0) is 31.2 Å². The maximum atomic E-state index is 12.6. The molecule has 0 atom stereocenters. The van der Waals surface area contributed by atoms with Crippen LogP contribution in [0.25, 0.3) is 17.1 Å². The summed E-state index contributed by atoms with van der Waals surface area (Å²) in [5, 5.41) is 8.58. The number of hydrazone groups is 1. The molecule has 0 radical (unpaired) electrons. The molecule has 2 aromatic heterocycles. The van der Waals surface area contributed by atoms with Crippen molar-refractivity contribution in [3.8, 4) is 17.1 Å². The molecule has 7 nitrogen and oxygen atoms in total. The van der Waals surface area contributed by atoms with Crippen LogP contribution in [0.2, 0.25) is 0 Å². The fourth-order valence-electron chi connectivity index (χ4n) is 2.77. The van der Waals surface area contributed by atoms with Crippen molar-refractivity contribution in [1.82, 2.24) is 25.2 Å². The molecular formula is C22H18N6O. The molecule has 0 fully saturated rings. The van der Waals surface area contributed by atoms with E-state index < -0.39 is 5.91 Å². The van der Waals surface area contributed by atoms with Gasteiger partial charge in [0.25, 0.3) is 0 Å². The Kier molecular flexibility index (Phi) is 5.20. The summed E-state index contributed by atoms with van der Waals surface area (Å²) in [6, 6.07) is 22.8. The second-order valence-electron chi connectivity index (χ2n) is 6.25. The largest absolute Gasteiger partial charge is 0.311 e. The van der Waals surface area contributed by atoms with Crippen molar-refractivity contribution in [2.75, 3.05) is 0 Å². The van der Waals surface area contributed by atoms with Gasteiger partial charge in [0.15, 0.2) is 5.82 Å². The lowest BCUT2D eigenvalue weighted by molar-refractivity contribution is 0.0944. The number of pyridine rings is 1. The Morgan fingerprint density at radius 1 is 0.931 bits per heavy atom. The number of amides is 1. The van der Waals surface area contributed by atoms with Gasteiger partial charge in [-0.25, -0.2) is 15.1 Å². The van der Waals surface area contributed by atoms with Gasteiger partial charge in [0.05, 0.1) is 11.4 Å². The number of rotatable bonds is 5. The summed E-state index contributed by atoms with van der Waals surface area (Å²) in [5.74, 6) is 0.140. The molecule has 0 bridgehead atoms. The third-order valence-corrected chi connectivity index (χ3v) is 4.27. The highest BCUT2D eigenvalue weighted by molar-refractivity contribution is 6.00. The molecule has 0 spiro atoms. The van der Waals surface area contributed by atoms with E-state index in [2.05, 4.69) is 25.6 Å². The Morgan fingerprint density at radius 3 is 2.28 bits per heavy atom. The summed E-state index contributed by atoms with van der Waals surface area (Å²) in [6.07, 6.45) is 3.34. The average Bonchev–Trinajstić information content (AvgIpc) is 3.25. The van der Waals surface area contributed by atoms with Crippen molar-refractivity contribution in [3.63, 3.8) is 0 Å². The van der Waals surface area contributed by atoms with Gasteiger partial charge in [0.2, 0.25) is 5.82 Å². The lowest BCUT2D eigenvalue weighted by Gasteiger charge is -2.05. The highest BCUT2D eigenvalue weighted by atomic mass is 16.2. The van der Waals surface area contributed by atoms with Crippen LogP contribution in [0.4, 0.5) is 0 Å². The highest BCUT2D eigenvalue weighted by Crippen LogP contribution is 2.20. The fourth-order valence-corrected chi connectivity index (χ4v) is 2.77.